The largest absolute Gasteiger partial charge is 0.497 e. The summed E-state index contributed by atoms with van der Waals surface area (Å²) in [5.41, 5.74) is 3.63. The van der Waals surface area contributed by atoms with Crippen LogP contribution in [0.5, 0.6) is 11.6 Å². The summed E-state index contributed by atoms with van der Waals surface area (Å²) >= 11 is 0. The van der Waals surface area contributed by atoms with Crippen LogP contribution >= 0.6 is 0 Å². The monoisotopic (exact) mass is 420 g/mol. The van der Waals surface area contributed by atoms with Crippen molar-refractivity contribution < 1.29 is 14.6 Å². The number of β-amino-alcohol motifs (C(OH)–C–C–N with tert-alkyl or cyclic N) is 1. The lowest BCUT2D eigenvalue weighted by atomic mass is 10.0. The summed E-state index contributed by atoms with van der Waals surface area (Å²) < 4.78 is 10.8. The highest BCUT2D eigenvalue weighted by Crippen LogP contribution is 2.32. The van der Waals surface area contributed by atoms with E-state index in [-0.39, 0.29) is 6.61 Å². The predicted octanol–water partition coefficient (Wildman–Crippen LogP) is 2.71. The summed E-state index contributed by atoms with van der Waals surface area (Å²) in [6.07, 6.45) is 2.50. The molecule has 31 heavy (non-hydrogen) atoms. The predicted molar refractivity (Wildman–Crippen MR) is 121 cm³/mol. The summed E-state index contributed by atoms with van der Waals surface area (Å²) in [6, 6.07) is 18.4. The lowest BCUT2D eigenvalue weighted by Gasteiger charge is -2.37. The molecule has 1 aliphatic rings. The van der Waals surface area contributed by atoms with E-state index in [2.05, 4.69) is 56.2 Å². The molecule has 1 N–H and O–H groups in total. The minimum atomic E-state index is -0.562. The van der Waals surface area contributed by atoms with Crippen molar-refractivity contribution in [2.45, 2.75) is 6.10 Å². The van der Waals surface area contributed by atoms with E-state index in [4.69, 9.17) is 9.47 Å². The van der Waals surface area contributed by atoms with Crippen molar-refractivity contribution in [3.63, 3.8) is 0 Å². The molecule has 0 amide bonds. The topological polar surface area (TPSA) is 71.0 Å². The molecule has 0 aliphatic carbocycles. The average Bonchev–Trinajstić information content (AvgIpc) is 2.84. The number of benzene rings is 2. The summed E-state index contributed by atoms with van der Waals surface area (Å²) in [5, 5.41) is 10.3. The van der Waals surface area contributed by atoms with Crippen LogP contribution in [0, 0.1) is 0 Å². The third-order valence-electron chi connectivity index (χ3n) is 5.47. The first kappa shape index (κ1) is 21.1. The number of piperazine rings is 1. The molecule has 0 bridgehead atoms. The van der Waals surface area contributed by atoms with Crippen LogP contribution < -0.4 is 14.4 Å². The molecule has 1 fully saturated rings. The Kier molecular flexibility index (Phi) is 6.96. The maximum Gasteiger partial charge on any atom is 0.216 e. The van der Waals surface area contributed by atoms with Gasteiger partial charge in [0.05, 0.1) is 7.11 Å². The molecule has 4 rings (SSSR count). The standard InChI is InChI=1S/C24H28N4O3/c1-30-21-8-6-19(7-9-21)22-4-2-3-5-23(22)28-14-12-27(13-15-28)16-20(29)17-31-24-10-11-25-18-26-24/h2-11,18,20,29H,12-17H2,1H3. The van der Waals surface area contributed by atoms with Crippen LogP contribution in [0.3, 0.4) is 0 Å². The van der Waals surface area contributed by atoms with Gasteiger partial charge in [-0.25, -0.2) is 9.97 Å². The third-order valence-corrected chi connectivity index (χ3v) is 5.47. The molecule has 1 aliphatic heterocycles. The van der Waals surface area contributed by atoms with E-state index in [9.17, 15) is 5.11 Å². The molecule has 1 unspecified atom stereocenters. The number of aliphatic hydroxyl groups excluding tert-OH is 1. The Balaban J connectivity index is 1.32. The van der Waals surface area contributed by atoms with Gasteiger partial charge in [-0.3, -0.25) is 4.90 Å². The fourth-order valence-corrected chi connectivity index (χ4v) is 3.83. The second-order valence-electron chi connectivity index (χ2n) is 7.55. The number of para-hydroxylation sites is 1. The van der Waals surface area contributed by atoms with E-state index in [0.717, 1.165) is 31.9 Å². The highest BCUT2D eigenvalue weighted by atomic mass is 16.5. The van der Waals surface area contributed by atoms with Gasteiger partial charge >= 0.3 is 0 Å². The normalized spacial score (nSPS) is 15.5. The van der Waals surface area contributed by atoms with Gasteiger partial charge in [-0.05, 0) is 23.8 Å². The van der Waals surface area contributed by atoms with E-state index >= 15 is 0 Å². The van der Waals surface area contributed by atoms with Crippen LogP contribution in [0.15, 0.2) is 67.1 Å². The number of nitrogens with zero attached hydrogens (tertiary/aromatic N) is 4. The molecular formula is C24H28N4O3. The van der Waals surface area contributed by atoms with Crippen LogP contribution in [0.2, 0.25) is 0 Å². The molecule has 1 saturated heterocycles. The van der Waals surface area contributed by atoms with Crippen molar-refractivity contribution in [1.29, 1.82) is 0 Å². The average molecular weight is 421 g/mol. The summed E-state index contributed by atoms with van der Waals surface area (Å²) in [6.45, 7) is 4.40. The number of anilines is 1. The first-order chi connectivity index (χ1) is 15.2. The van der Waals surface area contributed by atoms with E-state index < -0.39 is 6.10 Å². The summed E-state index contributed by atoms with van der Waals surface area (Å²) in [4.78, 5) is 12.6. The highest BCUT2D eigenvalue weighted by molar-refractivity contribution is 5.79. The fraction of sp³-hybridized carbons (Fsp3) is 0.333. The van der Waals surface area contributed by atoms with Gasteiger partial charge in [0.2, 0.25) is 5.88 Å². The number of hydrogen-bond donors (Lipinski definition) is 1. The van der Waals surface area contributed by atoms with Gasteiger partial charge in [-0.15, -0.1) is 0 Å². The molecule has 2 aromatic carbocycles. The minimum absolute atomic E-state index is 0.220. The first-order valence-electron chi connectivity index (χ1n) is 10.5. The van der Waals surface area contributed by atoms with E-state index in [0.29, 0.717) is 12.4 Å². The second kappa shape index (κ2) is 10.2. The maximum atomic E-state index is 10.3. The summed E-state index contributed by atoms with van der Waals surface area (Å²) in [7, 11) is 1.68. The zero-order valence-corrected chi connectivity index (χ0v) is 17.7. The minimum Gasteiger partial charge on any atom is -0.497 e. The number of methoxy groups -OCH3 is 1. The zero-order valence-electron chi connectivity index (χ0n) is 17.7. The van der Waals surface area contributed by atoms with Crippen LogP contribution in [-0.4, -0.2) is 72.5 Å². The van der Waals surface area contributed by atoms with Gasteiger partial charge in [0.1, 0.15) is 24.8 Å². The molecule has 3 aromatic rings. The molecule has 0 saturated carbocycles. The van der Waals surface area contributed by atoms with E-state index in [1.807, 2.05) is 12.1 Å². The molecule has 0 spiro atoms. The Labute approximate surface area is 182 Å². The van der Waals surface area contributed by atoms with Crippen molar-refractivity contribution in [3.8, 4) is 22.8 Å². The quantitative estimate of drug-likeness (QED) is 0.601. The second-order valence-corrected chi connectivity index (χ2v) is 7.55. The molecule has 1 atom stereocenters. The van der Waals surface area contributed by atoms with Gasteiger partial charge in [0, 0.05) is 56.2 Å². The third kappa shape index (κ3) is 5.51. The fourth-order valence-electron chi connectivity index (χ4n) is 3.83. The molecule has 162 valence electrons. The van der Waals surface area contributed by atoms with Crippen molar-refractivity contribution in [2.75, 3.05) is 51.3 Å². The van der Waals surface area contributed by atoms with Crippen LogP contribution in [-0.2, 0) is 0 Å². The van der Waals surface area contributed by atoms with Crippen molar-refractivity contribution in [1.82, 2.24) is 14.9 Å². The molecule has 7 nitrogen and oxygen atoms in total. The number of aromatic nitrogens is 2. The number of ether oxygens (including phenoxy) is 2. The summed E-state index contributed by atoms with van der Waals surface area (Å²) in [5.74, 6) is 1.34. The Morgan fingerprint density at radius 3 is 2.48 bits per heavy atom. The Morgan fingerprint density at radius 2 is 1.77 bits per heavy atom. The first-order valence-corrected chi connectivity index (χ1v) is 10.5. The van der Waals surface area contributed by atoms with Gasteiger partial charge in [-0.2, -0.15) is 0 Å². The molecule has 1 aromatic heterocycles. The maximum absolute atomic E-state index is 10.3. The number of aliphatic hydroxyl groups is 1. The van der Waals surface area contributed by atoms with Crippen molar-refractivity contribution in [3.05, 3.63) is 67.1 Å². The smallest absolute Gasteiger partial charge is 0.216 e. The molecule has 7 heteroatoms. The Morgan fingerprint density at radius 1 is 1.00 bits per heavy atom. The van der Waals surface area contributed by atoms with Gasteiger partial charge < -0.3 is 19.5 Å². The SMILES string of the molecule is COc1ccc(-c2ccccc2N2CCN(CC(O)COc3ccncn3)CC2)cc1. The lowest BCUT2D eigenvalue weighted by Crippen LogP contribution is -2.49. The van der Waals surface area contributed by atoms with Crippen LogP contribution in [0.1, 0.15) is 0 Å². The van der Waals surface area contributed by atoms with E-state index in [1.54, 1.807) is 19.4 Å². The molecule has 0 radical (unpaired) electrons. The number of rotatable bonds is 8. The van der Waals surface area contributed by atoms with Gasteiger partial charge in [0.25, 0.3) is 0 Å². The number of hydrogen-bond acceptors (Lipinski definition) is 7. The zero-order chi connectivity index (χ0) is 21.5. The Hall–Kier alpha value is -3.16. The van der Waals surface area contributed by atoms with Crippen molar-refractivity contribution in [2.24, 2.45) is 0 Å². The lowest BCUT2D eigenvalue weighted by molar-refractivity contribution is 0.0646. The highest BCUT2D eigenvalue weighted by Gasteiger charge is 2.21. The van der Waals surface area contributed by atoms with Crippen molar-refractivity contribution >= 4 is 5.69 Å². The van der Waals surface area contributed by atoms with Crippen LogP contribution in [0.25, 0.3) is 11.1 Å². The van der Waals surface area contributed by atoms with Gasteiger partial charge in [-0.1, -0.05) is 30.3 Å². The van der Waals surface area contributed by atoms with Crippen LogP contribution in [0.4, 0.5) is 5.69 Å². The Bertz CT molecular complexity index is 945. The molecule has 2 heterocycles. The van der Waals surface area contributed by atoms with E-state index in [1.165, 1.54) is 23.1 Å². The van der Waals surface area contributed by atoms with Gasteiger partial charge in [0.15, 0.2) is 0 Å². The molecular weight excluding hydrogens is 392 g/mol.